The highest BCUT2D eigenvalue weighted by molar-refractivity contribution is 5.93. The molecule has 1 N–H and O–H groups in total. The Balaban J connectivity index is 2.65. The zero-order valence-electron chi connectivity index (χ0n) is 13.5. The Morgan fingerprint density at radius 3 is 2.70 bits per heavy atom. The Morgan fingerprint density at radius 2 is 2.09 bits per heavy atom. The number of unbranched alkanes of at least 4 members (excludes halogenated alkanes) is 1. The fraction of sp³-hybridized carbons (Fsp3) is 0.375. The van der Waals surface area contributed by atoms with Crippen molar-refractivity contribution in [3.8, 4) is 0 Å². The van der Waals surface area contributed by atoms with Crippen LogP contribution in [0, 0.1) is 0 Å². The van der Waals surface area contributed by atoms with Crippen molar-refractivity contribution < 1.29 is 9.90 Å². The van der Waals surface area contributed by atoms with E-state index in [2.05, 4.69) is 17.3 Å². The Hall–Kier alpha value is -2.70. The summed E-state index contributed by atoms with van der Waals surface area (Å²) in [6, 6.07) is 5.02. The van der Waals surface area contributed by atoms with Gasteiger partial charge < -0.3 is 9.67 Å². The zero-order chi connectivity index (χ0) is 17.0. The van der Waals surface area contributed by atoms with E-state index in [1.54, 1.807) is 41.9 Å². The number of carboxylic acids is 1. The number of benzene rings is 1. The maximum Gasteiger partial charge on any atom is 0.341 e. The van der Waals surface area contributed by atoms with Crippen LogP contribution in [0.4, 0.5) is 5.69 Å². The van der Waals surface area contributed by atoms with E-state index in [-0.39, 0.29) is 5.56 Å². The zero-order valence-corrected chi connectivity index (χ0v) is 13.5. The molecule has 122 valence electrons. The lowest BCUT2D eigenvalue weighted by atomic mass is 10.1. The van der Waals surface area contributed by atoms with E-state index in [0.29, 0.717) is 23.1 Å². The number of carboxylic acid groups (broad SMARTS) is 1. The van der Waals surface area contributed by atoms with Gasteiger partial charge in [0.1, 0.15) is 5.56 Å². The fourth-order valence-corrected chi connectivity index (χ4v) is 2.25. The molecule has 0 saturated heterocycles. The van der Waals surface area contributed by atoms with Crippen LogP contribution < -0.4 is 5.43 Å². The molecule has 0 aliphatic carbocycles. The third kappa shape index (κ3) is 3.74. The molecule has 0 aliphatic heterocycles. The summed E-state index contributed by atoms with van der Waals surface area (Å²) in [5, 5.41) is 19.2. The molecule has 23 heavy (non-hydrogen) atoms. The highest BCUT2D eigenvalue weighted by atomic mass is 16.4. The molecule has 7 nitrogen and oxygen atoms in total. The first kappa shape index (κ1) is 16.7. The first-order chi connectivity index (χ1) is 10.9. The molecule has 0 fully saturated rings. The second-order valence-corrected chi connectivity index (χ2v) is 5.46. The SMILES string of the molecule is CCCCn1cc(C(=O)O)c(=O)c2ccc(/N=N/N(C)C)cc21. The van der Waals surface area contributed by atoms with Gasteiger partial charge in [-0.3, -0.25) is 9.80 Å². The van der Waals surface area contributed by atoms with Crippen LogP contribution in [-0.4, -0.2) is 34.7 Å². The van der Waals surface area contributed by atoms with Gasteiger partial charge in [-0.2, -0.15) is 0 Å². The second-order valence-electron chi connectivity index (χ2n) is 5.46. The molecule has 0 bridgehead atoms. The number of hydrogen-bond acceptors (Lipinski definition) is 4. The van der Waals surface area contributed by atoms with Gasteiger partial charge in [0.05, 0.1) is 11.2 Å². The largest absolute Gasteiger partial charge is 0.477 e. The number of rotatable bonds is 6. The third-order valence-corrected chi connectivity index (χ3v) is 3.39. The maximum atomic E-state index is 12.3. The predicted octanol–water partition coefficient (Wildman–Crippen LogP) is 3.06. The average molecular weight is 316 g/mol. The summed E-state index contributed by atoms with van der Waals surface area (Å²) in [6.07, 6.45) is 3.27. The number of aromatic carboxylic acids is 1. The molecule has 0 amide bonds. The summed E-state index contributed by atoms with van der Waals surface area (Å²) < 4.78 is 1.80. The van der Waals surface area contributed by atoms with Gasteiger partial charge in [-0.25, -0.2) is 4.79 Å². The van der Waals surface area contributed by atoms with Gasteiger partial charge >= 0.3 is 5.97 Å². The lowest BCUT2D eigenvalue weighted by Gasteiger charge is -2.12. The van der Waals surface area contributed by atoms with E-state index >= 15 is 0 Å². The van der Waals surface area contributed by atoms with Crippen LogP contribution in [0.5, 0.6) is 0 Å². The number of fused-ring (bicyclic) bond motifs is 1. The lowest BCUT2D eigenvalue weighted by Crippen LogP contribution is -2.19. The Morgan fingerprint density at radius 1 is 1.35 bits per heavy atom. The maximum absolute atomic E-state index is 12.3. The minimum absolute atomic E-state index is 0.212. The van der Waals surface area contributed by atoms with Crippen molar-refractivity contribution in [1.82, 2.24) is 9.58 Å². The predicted molar refractivity (Wildman–Crippen MR) is 88.3 cm³/mol. The number of aryl methyl sites for hydroxylation is 1. The van der Waals surface area contributed by atoms with Crippen molar-refractivity contribution in [2.24, 2.45) is 10.3 Å². The minimum atomic E-state index is -1.21. The van der Waals surface area contributed by atoms with E-state index in [1.807, 2.05) is 0 Å². The van der Waals surface area contributed by atoms with Crippen molar-refractivity contribution in [3.63, 3.8) is 0 Å². The number of nitrogens with zero attached hydrogens (tertiary/aromatic N) is 4. The van der Waals surface area contributed by atoms with Crippen molar-refractivity contribution in [1.29, 1.82) is 0 Å². The second kappa shape index (κ2) is 7.04. The first-order valence-electron chi connectivity index (χ1n) is 7.43. The Kier molecular flexibility index (Phi) is 5.10. The number of pyridine rings is 1. The van der Waals surface area contributed by atoms with Gasteiger partial charge in [-0.05, 0) is 24.6 Å². The average Bonchev–Trinajstić information content (AvgIpc) is 2.51. The van der Waals surface area contributed by atoms with E-state index < -0.39 is 11.4 Å². The van der Waals surface area contributed by atoms with Gasteiger partial charge in [0.25, 0.3) is 0 Å². The van der Waals surface area contributed by atoms with Gasteiger partial charge in [0.2, 0.25) is 5.43 Å². The molecule has 0 saturated carbocycles. The summed E-state index contributed by atoms with van der Waals surface area (Å²) in [5.41, 5.74) is 0.593. The monoisotopic (exact) mass is 316 g/mol. The molecule has 0 radical (unpaired) electrons. The number of hydrogen-bond donors (Lipinski definition) is 1. The van der Waals surface area contributed by atoms with Gasteiger partial charge in [0, 0.05) is 32.2 Å². The van der Waals surface area contributed by atoms with Crippen LogP contribution in [0.3, 0.4) is 0 Å². The summed E-state index contributed by atoms with van der Waals surface area (Å²) in [7, 11) is 3.53. The molecule has 1 aromatic carbocycles. The molecule has 0 unspecified atom stereocenters. The molecule has 1 heterocycles. The van der Waals surface area contributed by atoms with Crippen LogP contribution in [0.25, 0.3) is 10.9 Å². The molecule has 0 atom stereocenters. The van der Waals surface area contributed by atoms with Crippen molar-refractivity contribution in [2.75, 3.05) is 14.1 Å². The van der Waals surface area contributed by atoms with Crippen LogP contribution >= 0.6 is 0 Å². The molecule has 0 aliphatic rings. The van der Waals surface area contributed by atoms with Crippen molar-refractivity contribution in [2.45, 2.75) is 26.3 Å². The molecular weight excluding hydrogens is 296 g/mol. The number of aromatic nitrogens is 1. The molecular formula is C16H20N4O3. The lowest BCUT2D eigenvalue weighted by molar-refractivity contribution is 0.0695. The first-order valence-corrected chi connectivity index (χ1v) is 7.43. The van der Waals surface area contributed by atoms with Gasteiger partial charge in [-0.1, -0.05) is 18.6 Å². The summed E-state index contributed by atoms with van der Waals surface area (Å²) >= 11 is 0. The van der Waals surface area contributed by atoms with Crippen LogP contribution in [0.1, 0.15) is 30.1 Å². The summed E-state index contributed by atoms with van der Waals surface area (Å²) in [6.45, 7) is 2.70. The van der Waals surface area contributed by atoms with Crippen molar-refractivity contribution in [3.05, 3.63) is 40.2 Å². The molecule has 2 aromatic rings. The molecule has 1 aromatic heterocycles. The third-order valence-electron chi connectivity index (χ3n) is 3.39. The fourth-order valence-electron chi connectivity index (χ4n) is 2.25. The van der Waals surface area contributed by atoms with E-state index in [4.69, 9.17) is 0 Å². The van der Waals surface area contributed by atoms with Crippen LogP contribution in [0.2, 0.25) is 0 Å². The number of carbonyl (C=O) groups is 1. The highest BCUT2D eigenvalue weighted by Gasteiger charge is 2.14. The van der Waals surface area contributed by atoms with Crippen LogP contribution in [0.15, 0.2) is 39.5 Å². The Labute approximate surface area is 133 Å². The smallest absolute Gasteiger partial charge is 0.341 e. The topological polar surface area (TPSA) is 87.3 Å². The summed E-state index contributed by atoms with van der Waals surface area (Å²) in [5.74, 6) is -1.21. The minimum Gasteiger partial charge on any atom is -0.477 e. The standard InChI is InChI=1S/C16H20N4O3/c1-4-5-8-20-10-13(16(22)23)15(21)12-7-6-11(9-14(12)20)17-18-19(2)3/h6-7,9-10H,4-5,8H2,1-3H3,(H,22,23)/b18-17+. The Bertz CT molecular complexity index is 809. The molecule has 7 heteroatoms. The van der Waals surface area contributed by atoms with Crippen LogP contribution in [-0.2, 0) is 6.54 Å². The normalized spacial score (nSPS) is 11.3. The quantitative estimate of drug-likeness (QED) is 0.655. The van der Waals surface area contributed by atoms with Gasteiger partial charge in [0.15, 0.2) is 0 Å². The summed E-state index contributed by atoms with van der Waals surface area (Å²) in [4.78, 5) is 23.6. The molecule has 0 spiro atoms. The van der Waals surface area contributed by atoms with E-state index in [9.17, 15) is 14.7 Å². The van der Waals surface area contributed by atoms with Crippen molar-refractivity contribution >= 4 is 22.6 Å². The van der Waals surface area contributed by atoms with E-state index in [1.165, 1.54) is 6.20 Å². The highest BCUT2D eigenvalue weighted by Crippen LogP contribution is 2.21. The molecule has 2 rings (SSSR count). The van der Waals surface area contributed by atoms with Gasteiger partial charge in [-0.15, -0.1) is 5.11 Å². The van der Waals surface area contributed by atoms with E-state index in [0.717, 1.165) is 12.8 Å².